The van der Waals surface area contributed by atoms with Crippen LogP contribution in [0.2, 0.25) is 0 Å². The van der Waals surface area contributed by atoms with Crippen LogP contribution in [0.1, 0.15) is 19.8 Å². The third-order valence-corrected chi connectivity index (χ3v) is 1.86. The van der Waals surface area contributed by atoms with Crippen molar-refractivity contribution in [3.63, 3.8) is 0 Å². The number of hydrogen-bond acceptors (Lipinski definition) is 3. The fourth-order valence-corrected chi connectivity index (χ4v) is 1.18. The summed E-state index contributed by atoms with van der Waals surface area (Å²) in [6.45, 7) is 1.95. The molecule has 1 atom stereocenters. The Hall–Kier alpha value is -1.01. The van der Waals surface area contributed by atoms with E-state index in [1.807, 2.05) is 6.92 Å². The first-order valence-electron chi connectivity index (χ1n) is 4.28. The smallest absolute Gasteiger partial charge is 0.262 e. The van der Waals surface area contributed by atoms with Gasteiger partial charge in [0.25, 0.3) is 0 Å². The summed E-state index contributed by atoms with van der Waals surface area (Å²) in [6.07, 6.45) is -5.04. The lowest BCUT2D eigenvalue weighted by Gasteiger charge is -2.26. The van der Waals surface area contributed by atoms with Crippen LogP contribution in [0.3, 0.4) is 0 Å². The van der Waals surface area contributed by atoms with E-state index < -0.39 is 17.5 Å². The monoisotopic (exact) mass is 213 g/mol. The predicted molar refractivity (Wildman–Crippen MR) is 42.9 cm³/mol. The summed E-state index contributed by atoms with van der Waals surface area (Å²) in [5.74, 6) is 0. The summed E-state index contributed by atoms with van der Waals surface area (Å²) in [7, 11) is 0. The van der Waals surface area contributed by atoms with Crippen LogP contribution in [-0.4, -0.2) is 35.4 Å². The zero-order valence-corrected chi connectivity index (χ0v) is 7.63. The van der Waals surface area contributed by atoms with Crippen molar-refractivity contribution in [1.29, 1.82) is 0 Å². The standard InChI is InChI=1S/C7H11F4N3/c1-2-3-4-14-6(7(8,9)10)13(11)5-12-14/h5-6H,2-4H2,1H3. The number of nitrogens with zero attached hydrogens (tertiary/aromatic N) is 3. The minimum atomic E-state index is -4.63. The maximum Gasteiger partial charge on any atom is 0.431 e. The normalized spacial score (nSPS) is 22.2. The van der Waals surface area contributed by atoms with Crippen LogP contribution in [-0.2, 0) is 0 Å². The van der Waals surface area contributed by atoms with Crippen molar-refractivity contribution in [3.8, 4) is 0 Å². The van der Waals surface area contributed by atoms with E-state index in [2.05, 4.69) is 5.10 Å². The summed E-state index contributed by atoms with van der Waals surface area (Å²) in [4.78, 5) is 0. The second-order valence-corrected chi connectivity index (χ2v) is 3.01. The molecule has 7 heteroatoms. The molecule has 1 heterocycles. The molecule has 1 unspecified atom stereocenters. The molecule has 1 aliphatic heterocycles. The van der Waals surface area contributed by atoms with Gasteiger partial charge in [-0.15, -0.1) is 0 Å². The van der Waals surface area contributed by atoms with Gasteiger partial charge in [-0.2, -0.15) is 23.4 Å². The minimum Gasteiger partial charge on any atom is -0.262 e. The summed E-state index contributed by atoms with van der Waals surface area (Å²) in [5, 5.41) is 3.63. The summed E-state index contributed by atoms with van der Waals surface area (Å²) < 4.78 is 49.5. The molecule has 1 aliphatic rings. The second kappa shape index (κ2) is 4.02. The van der Waals surface area contributed by atoms with Gasteiger partial charge in [0.15, 0.2) is 0 Å². The molecule has 14 heavy (non-hydrogen) atoms. The van der Waals surface area contributed by atoms with Gasteiger partial charge in [-0.25, -0.2) is 0 Å². The molecule has 0 N–H and O–H groups in total. The van der Waals surface area contributed by atoms with Crippen LogP contribution in [0.15, 0.2) is 5.10 Å². The quantitative estimate of drug-likeness (QED) is 0.528. The maximum absolute atomic E-state index is 12.7. The summed E-state index contributed by atoms with van der Waals surface area (Å²) in [6, 6.07) is 0. The highest BCUT2D eigenvalue weighted by atomic mass is 19.4. The molecule has 0 aliphatic carbocycles. The van der Waals surface area contributed by atoms with Crippen LogP contribution in [0, 0.1) is 0 Å². The molecule has 0 radical (unpaired) electrons. The van der Waals surface area contributed by atoms with Crippen LogP contribution in [0.5, 0.6) is 0 Å². The minimum absolute atomic E-state index is 0.109. The number of halogens is 4. The lowest BCUT2D eigenvalue weighted by atomic mass is 10.3. The molecule has 0 saturated carbocycles. The van der Waals surface area contributed by atoms with E-state index in [-0.39, 0.29) is 6.54 Å². The molecule has 0 aromatic heterocycles. The van der Waals surface area contributed by atoms with Crippen molar-refractivity contribution >= 4 is 6.34 Å². The highest BCUT2D eigenvalue weighted by molar-refractivity contribution is 5.55. The largest absolute Gasteiger partial charge is 0.431 e. The molecular formula is C7H11F4N3. The van der Waals surface area contributed by atoms with E-state index in [1.165, 1.54) is 0 Å². The van der Waals surface area contributed by atoms with Gasteiger partial charge in [-0.3, -0.25) is 5.01 Å². The van der Waals surface area contributed by atoms with E-state index in [0.29, 0.717) is 17.8 Å². The lowest BCUT2D eigenvalue weighted by Crippen LogP contribution is -2.47. The van der Waals surface area contributed by atoms with Crippen molar-refractivity contribution < 1.29 is 17.7 Å². The van der Waals surface area contributed by atoms with Gasteiger partial charge >= 0.3 is 6.18 Å². The number of rotatable bonds is 3. The Morgan fingerprint density at radius 2 is 2.07 bits per heavy atom. The van der Waals surface area contributed by atoms with Crippen LogP contribution < -0.4 is 0 Å². The van der Waals surface area contributed by atoms with Gasteiger partial charge in [0.05, 0.1) is 0 Å². The summed E-state index contributed by atoms with van der Waals surface area (Å²) in [5.41, 5.74) is 0. The van der Waals surface area contributed by atoms with Gasteiger partial charge in [0.1, 0.15) is 6.34 Å². The first kappa shape index (κ1) is 11.1. The Morgan fingerprint density at radius 1 is 1.43 bits per heavy atom. The van der Waals surface area contributed by atoms with Crippen molar-refractivity contribution in [2.45, 2.75) is 32.1 Å². The Balaban J connectivity index is 2.62. The van der Waals surface area contributed by atoms with Gasteiger partial charge in [0.2, 0.25) is 6.17 Å². The van der Waals surface area contributed by atoms with Crippen LogP contribution in [0.4, 0.5) is 17.7 Å². The van der Waals surface area contributed by atoms with Crippen molar-refractivity contribution in [2.24, 2.45) is 5.10 Å². The Bertz CT molecular complexity index is 215. The highest BCUT2D eigenvalue weighted by Crippen LogP contribution is 2.30. The number of hydrogen-bond donors (Lipinski definition) is 0. The Morgan fingerprint density at radius 3 is 2.57 bits per heavy atom. The molecule has 82 valence electrons. The molecule has 0 saturated heterocycles. The van der Waals surface area contributed by atoms with E-state index in [9.17, 15) is 17.7 Å². The summed E-state index contributed by atoms with van der Waals surface area (Å²) >= 11 is 0. The third-order valence-electron chi connectivity index (χ3n) is 1.86. The molecule has 0 spiro atoms. The lowest BCUT2D eigenvalue weighted by molar-refractivity contribution is -0.232. The first-order chi connectivity index (χ1) is 6.46. The molecule has 1 rings (SSSR count). The van der Waals surface area contributed by atoms with E-state index in [4.69, 9.17) is 0 Å². The van der Waals surface area contributed by atoms with Gasteiger partial charge in [-0.1, -0.05) is 17.8 Å². The number of unbranched alkanes of at least 4 members (excludes halogenated alkanes) is 1. The fourth-order valence-electron chi connectivity index (χ4n) is 1.18. The van der Waals surface area contributed by atoms with Crippen molar-refractivity contribution in [1.82, 2.24) is 10.1 Å². The van der Waals surface area contributed by atoms with Crippen LogP contribution >= 0.6 is 0 Å². The molecule has 0 amide bonds. The third kappa shape index (κ3) is 2.27. The van der Waals surface area contributed by atoms with Gasteiger partial charge < -0.3 is 0 Å². The zero-order valence-electron chi connectivity index (χ0n) is 7.63. The SMILES string of the molecule is CCCCN1N=CN(F)C1C(F)(F)F. The average Bonchev–Trinajstić information content (AvgIpc) is 2.42. The Kier molecular flexibility index (Phi) is 3.17. The van der Waals surface area contributed by atoms with Crippen molar-refractivity contribution in [3.05, 3.63) is 0 Å². The topological polar surface area (TPSA) is 18.8 Å². The second-order valence-electron chi connectivity index (χ2n) is 3.01. The molecule has 3 nitrogen and oxygen atoms in total. The first-order valence-corrected chi connectivity index (χ1v) is 4.28. The molecular weight excluding hydrogens is 202 g/mol. The van der Waals surface area contributed by atoms with Crippen LogP contribution in [0.25, 0.3) is 0 Å². The zero-order chi connectivity index (χ0) is 10.8. The van der Waals surface area contributed by atoms with E-state index >= 15 is 0 Å². The van der Waals surface area contributed by atoms with Crippen molar-refractivity contribution in [2.75, 3.05) is 6.54 Å². The van der Waals surface area contributed by atoms with Gasteiger partial charge in [0, 0.05) is 6.54 Å². The molecule has 0 aromatic rings. The van der Waals surface area contributed by atoms with Gasteiger partial charge in [-0.05, 0) is 6.42 Å². The Labute approximate surface area is 78.9 Å². The van der Waals surface area contributed by atoms with E-state index in [1.54, 1.807) is 0 Å². The molecule has 0 fully saturated rings. The average molecular weight is 213 g/mol. The highest BCUT2D eigenvalue weighted by Gasteiger charge is 2.50. The number of hydrazone groups is 1. The predicted octanol–water partition coefficient (Wildman–Crippen LogP) is 2.12. The fraction of sp³-hybridized carbons (Fsp3) is 0.857. The maximum atomic E-state index is 12.7. The molecule has 0 bridgehead atoms. The number of alkyl halides is 3. The molecule has 0 aromatic carbocycles. The van der Waals surface area contributed by atoms with E-state index in [0.717, 1.165) is 6.42 Å².